The van der Waals surface area contributed by atoms with E-state index in [9.17, 15) is 9.90 Å². The molecule has 3 rings (SSSR count). The molecule has 2 aliphatic rings. The molecular formula is C18H21NO3. The SMILES string of the molecule is Cc1c(O)cccc1OCC1=C(C(=O)N2CCCC2)CC=C1. The molecule has 1 aromatic carbocycles. The van der Waals surface area contributed by atoms with Gasteiger partial charge in [0.2, 0.25) is 5.91 Å². The van der Waals surface area contributed by atoms with Crippen molar-refractivity contribution in [1.82, 2.24) is 4.90 Å². The fraction of sp³-hybridized carbons (Fsp3) is 0.389. The highest BCUT2D eigenvalue weighted by atomic mass is 16.5. The van der Waals surface area contributed by atoms with Crippen LogP contribution in [-0.4, -0.2) is 35.6 Å². The maximum Gasteiger partial charge on any atom is 0.250 e. The smallest absolute Gasteiger partial charge is 0.250 e. The van der Waals surface area contributed by atoms with Gasteiger partial charge >= 0.3 is 0 Å². The van der Waals surface area contributed by atoms with Gasteiger partial charge in [-0.2, -0.15) is 0 Å². The molecule has 0 unspecified atom stereocenters. The third-order valence-corrected chi connectivity index (χ3v) is 4.32. The number of carbonyl (C=O) groups excluding carboxylic acids is 1. The zero-order valence-corrected chi connectivity index (χ0v) is 12.8. The number of phenolic OH excluding ortho intramolecular Hbond substituents is 1. The van der Waals surface area contributed by atoms with Crippen molar-refractivity contribution in [2.45, 2.75) is 26.2 Å². The van der Waals surface area contributed by atoms with Crippen LogP contribution >= 0.6 is 0 Å². The largest absolute Gasteiger partial charge is 0.508 e. The van der Waals surface area contributed by atoms with E-state index >= 15 is 0 Å². The van der Waals surface area contributed by atoms with Crippen molar-refractivity contribution in [2.75, 3.05) is 19.7 Å². The highest BCUT2D eigenvalue weighted by Gasteiger charge is 2.24. The Morgan fingerprint density at radius 3 is 2.86 bits per heavy atom. The summed E-state index contributed by atoms with van der Waals surface area (Å²) in [5, 5.41) is 9.71. The first kappa shape index (κ1) is 14.7. The summed E-state index contributed by atoms with van der Waals surface area (Å²) in [5.41, 5.74) is 2.51. The molecule has 0 radical (unpaired) electrons. The van der Waals surface area contributed by atoms with Crippen molar-refractivity contribution < 1.29 is 14.6 Å². The first-order valence-electron chi connectivity index (χ1n) is 7.76. The van der Waals surface area contributed by atoms with Crippen LogP contribution in [0.25, 0.3) is 0 Å². The second-order valence-corrected chi connectivity index (χ2v) is 5.80. The molecule has 0 atom stereocenters. The monoisotopic (exact) mass is 299 g/mol. The molecule has 1 aliphatic carbocycles. The zero-order valence-electron chi connectivity index (χ0n) is 12.8. The van der Waals surface area contributed by atoms with Gasteiger partial charge in [-0.15, -0.1) is 0 Å². The van der Waals surface area contributed by atoms with E-state index in [0.717, 1.165) is 42.6 Å². The molecular weight excluding hydrogens is 278 g/mol. The predicted octanol–water partition coefficient (Wildman–Crippen LogP) is 2.96. The lowest BCUT2D eigenvalue weighted by molar-refractivity contribution is -0.126. The Hall–Kier alpha value is -2.23. The molecule has 1 N–H and O–H groups in total. The number of amides is 1. The van der Waals surface area contributed by atoms with Gasteiger partial charge in [-0.1, -0.05) is 18.2 Å². The molecule has 0 spiro atoms. The van der Waals surface area contributed by atoms with Gasteiger partial charge in [-0.05, 0) is 43.9 Å². The summed E-state index contributed by atoms with van der Waals surface area (Å²) in [6.45, 7) is 3.90. The molecule has 1 aromatic rings. The topological polar surface area (TPSA) is 49.8 Å². The molecule has 1 heterocycles. The fourth-order valence-electron chi connectivity index (χ4n) is 2.94. The van der Waals surface area contributed by atoms with E-state index in [1.807, 2.05) is 30.0 Å². The molecule has 1 aliphatic heterocycles. The van der Waals surface area contributed by atoms with Crippen LogP contribution in [0.1, 0.15) is 24.8 Å². The van der Waals surface area contributed by atoms with E-state index in [4.69, 9.17) is 4.74 Å². The van der Waals surface area contributed by atoms with Crippen molar-refractivity contribution in [3.8, 4) is 11.5 Å². The van der Waals surface area contributed by atoms with Crippen LogP contribution in [0, 0.1) is 6.92 Å². The van der Waals surface area contributed by atoms with Crippen molar-refractivity contribution >= 4 is 5.91 Å². The van der Waals surface area contributed by atoms with Crippen LogP contribution in [-0.2, 0) is 4.79 Å². The van der Waals surface area contributed by atoms with E-state index < -0.39 is 0 Å². The quantitative estimate of drug-likeness (QED) is 0.930. The van der Waals surface area contributed by atoms with E-state index in [1.54, 1.807) is 12.1 Å². The Morgan fingerprint density at radius 2 is 2.09 bits per heavy atom. The number of phenols is 1. The second-order valence-electron chi connectivity index (χ2n) is 5.80. The number of benzene rings is 1. The summed E-state index contributed by atoms with van der Waals surface area (Å²) in [6, 6.07) is 5.22. The lowest BCUT2D eigenvalue weighted by Crippen LogP contribution is -2.29. The molecule has 1 fully saturated rings. The highest BCUT2D eigenvalue weighted by molar-refractivity contribution is 5.96. The number of aromatic hydroxyl groups is 1. The number of ether oxygens (including phenoxy) is 1. The number of hydrogen-bond donors (Lipinski definition) is 1. The zero-order chi connectivity index (χ0) is 15.5. The molecule has 0 bridgehead atoms. The van der Waals surface area contributed by atoms with Gasteiger partial charge in [0.1, 0.15) is 18.1 Å². The second kappa shape index (κ2) is 6.26. The van der Waals surface area contributed by atoms with Crippen LogP contribution < -0.4 is 4.74 Å². The summed E-state index contributed by atoms with van der Waals surface area (Å²) >= 11 is 0. The predicted molar refractivity (Wildman–Crippen MR) is 84.9 cm³/mol. The van der Waals surface area contributed by atoms with Gasteiger partial charge in [0.05, 0.1) is 0 Å². The molecule has 1 saturated heterocycles. The third-order valence-electron chi connectivity index (χ3n) is 4.32. The Kier molecular flexibility index (Phi) is 4.18. The molecule has 4 nitrogen and oxygen atoms in total. The molecule has 22 heavy (non-hydrogen) atoms. The van der Waals surface area contributed by atoms with Gasteiger partial charge in [0.15, 0.2) is 0 Å². The Balaban J connectivity index is 1.72. The lowest BCUT2D eigenvalue weighted by atomic mass is 10.1. The molecule has 0 saturated carbocycles. The molecule has 0 aromatic heterocycles. The third kappa shape index (κ3) is 2.86. The Bertz CT molecular complexity index is 640. The van der Waals surface area contributed by atoms with Gasteiger partial charge in [-0.25, -0.2) is 0 Å². The maximum atomic E-state index is 12.5. The van der Waals surface area contributed by atoms with Gasteiger partial charge < -0.3 is 14.7 Å². The highest BCUT2D eigenvalue weighted by Crippen LogP contribution is 2.28. The summed E-state index contributed by atoms with van der Waals surface area (Å²) in [5.74, 6) is 1.02. The van der Waals surface area contributed by atoms with Crippen LogP contribution in [0.4, 0.5) is 0 Å². The number of hydrogen-bond acceptors (Lipinski definition) is 3. The lowest BCUT2D eigenvalue weighted by Gasteiger charge is -2.17. The van der Waals surface area contributed by atoms with Crippen molar-refractivity contribution in [3.05, 3.63) is 47.1 Å². The number of carbonyl (C=O) groups is 1. The minimum atomic E-state index is 0.147. The average molecular weight is 299 g/mol. The van der Waals surface area contributed by atoms with E-state index in [-0.39, 0.29) is 11.7 Å². The summed E-state index contributed by atoms with van der Waals surface area (Å²) in [4.78, 5) is 14.5. The van der Waals surface area contributed by atoms with E-state index in [1.165, 1.54) is 0 Å². The van der Waals surface area contributed by atoms with Crippen molar-refractivity contribution in [3.63, 3.8) is 0 Å². The summed E-state index contributed by atoms with van der Waals surface area (Å²) in [6.07, 6.45) is 6.87. The van der Waals surface area contributed by atoms with Gasteiger partial charge in [0, 0.05) is 24.2 Å². The number of allylic oxidation sites excluding steroid dienone is 1. The molecule has 4 heteroatoms. The average Bonchev–Trinajstić information content (AvgIpc) is 3.19. The number of nitrogens with zero attached hydrogens (tertiary/aromatic N) is 1. The van der Waals surface area contributed by atoms with Gasteiger partial charge in [0.25, 0.3) is 0 Å². The summed E-state index contributed by atoms with van der Waals surface area (Å²) < 4.78 is 5.80. The van der Waals surface area contributed by atoms with Crippen LogP contribution in [0.15, 0.2) is 41.5 Å². The van der Waals surface area contributed by atoms with Crippen LogP contribution in [0.5, 0.6) is 11.5 Å². The van der Waals surface area contributed by atoms with Crippen molar-refractivity contribution in [1.29, 1.82) is 0 Å². The molecule has 116 valence electrons. The van der Waals surface area contributed by atoms with Crippen molar-refractivity contribution in [2.24, 2.45) is 0 Å². The Morgan fingerprint density at radius 1 is 1.32 bits per heavy atom. The number of rotatable bonds is 4. The fourth-order valence-corrected chi connectivity index (χ4v) is 2.94. The van der Waals surface area contributed by atoms with E-state index in [2.05, 4.69) is 0 Å². The maximum absolute atomic E-state index is 12.5. The normalized spacial score (nSPS) is 17.4. The first-order valence-corrected chi connectivity index (χ1v) is 7.76. The van der Waals surface area contributed by atoms with Crippen LogP contribution in [0.3, 0.4) is 0 Å². The Labute approximate surface area is 130 Å². The standard InChI is InChI=1S/C18H21NO3/c1-13-16(20)8-5-9-17(13)22-12-14-6-4-7-15(14)18(21)19-10-2-3-11-19/h4-6,8-9,20H,2-3,7,10-12H2,1H3. The van der Waals surface area contributed by atoms with E-state index in [0.29, 0.717) is 18.8 Å². The first-order chi connectivity index (χ1) is 10.7. The van der Waals surface area contributed by atoms with Gasteiger partial charge in [-0.3, -0.25) is 4.79 Å². The summed E-state index contributed by atoms with van der Waals surface area (Å²) in [7, 11) is 0. The number of likely N-dealkylation sites (tertiary alicyclic amines) is 1. The minimum absolute atomic E-state index is 0.147. The minimum Gasteiger partial charge on any atom is -0.508 e. The van der Waals surface area contributed by atoms with Crippen LogP contribution in [0.2, 0.25) is 0 Å². The molecule has 1 amide bonds.